The summed E-state index contributed by atoms with van der Waals surface area (Å²) in [6.45, 7) is 0. The fourth-order valence-electron chi connectivity index (χ4n) is 1.34. The lowest BCUT2D eigenvalue weighted by Crippen LogP contribution is -1.98. The highest BCUT2D eigenvalue weighted by Crippen LogP contribution is 2.27. The van der Waals surface area contributed by atoms with Gasteiger partial charge >= 0.3 is 6.01 Å². The van der Waals surface area contributed by atoms with Gasteiger partial charge in [-0.25, -0.2) is 9.97 Å². The molecule has 0 atom stereocenters. The third-order valence-electron chi connectivity index (χ3n) is 2.10. The molecular formula is C11H10FN3O2. The number of rotatable bonds is 3. The van der Waals surface area contributed by atoms with Crippen LogP contribution in [-0.2, 0) is 0 Å². The third-order valence-corrected chi connectivity index (χ3v) is 2.10. The predicted octanol–water partition coefficient (Wildman–Crippen LogP) is 1.69. The molecule has 6 heteroatoms. The molecular weight excluding hydrogens is 225 g/mol. The van der Waals surface area contributed by atoms with Gasteiger partial charge in [0.1, 0.15) is 0 Å². The molecule has 0 aliphatic carbocycles. The summed E-state index contributed by atoms with van der Waals surface area (Å²) >= 11 is 0. The number of aromatic nitrogens is 3. The number of hydrogen-bond donors (Lipinski definition) is 0. The summed E-state index contributed by atoms with van der Waals surface area (Å²) in [7, 11) is 2.92. The maximum Gasteiger partial charge on any atom is 0.319 e. The van der Waals surface area contributed by atoms with E-state index in [2.05, 4.69) is 15.0 Å². The van der Waals surface area contributed by atoms with E-state index in [0.717, 1.165) is 0 Å². The summed E-state index contributed by atoms with van der Waals surface area (Å²) in [5.74, 6) is -0.282. The van der Waals surface area contributed by atoms with Crippen LogP contribution in [0.4, 0.5) is 4.39 Å². The lowest BCUT2D eigenvalue weighted by Gasteiger charge is -2.07. The molecule has 2 aromatic rings. The molecule has 2 aromatic heterocycles. The van der Waals surface area contributed by atoms with Crippen LogP contribution in [0.5, 0.6) is 11.9 Å². The summed E-state index contributed by atoms with van der Waals surface area (Å²) in [4.78, 5) is 11.7. The molecule has 5 nitrogen and oxygen atoms in total. The van der Waals surface area contributed by atoms with Crippen molar-refractivity contribution in [2.45, 2.75) is 0 Å². The van der Waals surface area contributed by atoms with Crippen LogP contribution in [0.25, 0.3) is 11.3 Å². The summed E-state index contributed by atoms with van der Waals surface area (Å²) in [5.41, 5.74) is 0.914. The van der Waals surface area contributed by atoms with Gasteiger partial charge in [0.25, 0.3) is 0 Å². The molecule has 0 fully saturated rings. The highest BCUT2D eigenvalue weighted by Gasteiger charge is 2.11. The minimum Gasteiger partial charge on any atom is -0.480 e. The molecule has 0 radical (unpaired) electrons. The van der Waals surface area contributed by atoms with Crippen LogP contribution in [0, 0.1) is 5.95 Å². The van der Waals surface area contributed by atoms with E-state index >= 15 is 0 Å². The average Bonchev–Trinajstić information content (AvgIpc) is 2.38. The maximum atomic E-state index is 13.0. The standard InChI is InChI=1S/C11H10FN3O2/c1-16-10-7(6-13-11(15-10)17-2)8-4-3-5-9(12)14-8/h3-6H,1-2H3. The third kappa shape index (κ3) is 2.30. The molecule has 0 saturated heterocycles. The van der Waals surface area contributed by atoms with Crippen molar-refractivity contribution in [2.24, 2.45) is 0 Å². The molecule has 0 spiro atoms. The first-order valence-electron chi connectivity index (χ1n) is 4.82. The van der Waals surface area contributed by atoms with E-state index in [1.54, 1.807) is 12.1 Å². The van der Waals surface area contributed by atoms with Crippen LogP contribution in [0.2, 0.25) is 0 Å². The lowest BCUT2D eigenvalue weighted by atomic mass is 10.2. The molecule has 0 unspecified atom stereocenters. The molecule has 0 saturated carbocycles. The fourth-order valence-corrected chi connectivity index (χ4v) is 1.34. The van der Waals surface area contributed by atoms with Crippen molar-refractivity contribution < 1.29 is 13.9 Å². The Hall–Kier alpha value is -2.24. The van der Waals surface area contributed by atoms with Crippen LogP contribution in [0.1, 0.15) is 0 Å². The minimum absolute atomic E-state index is 0.182. The Balaban J connectivity index is 2.51. The number of pyridine rings is 1. The Bertz CT molecular complexity index is 534. The zero-order valence-electron chi connectivity index (χ0n) is 9.35. The zero-order valence-corrected chi connectivity index (χ0v) is 9.35. The lowest BCUT2D eigenvalue weighted by molar-refractivity contribution is 0.353. The number of methoxy groups -OCH3 is 2. The van der Waals surface area contributed by atoms with Gasteiger partial charge in [-0.3, -0.25) is 0 Å². The van der Waals surface area contributed by atoms with Gasteiger partial charge in [-0.05, 0) is 12.1 Å². The van der Waals surface area contributed by atoms with Crippen molar-refractivity contribution in [3.8, 4) is 23.1 Å². The largest absolute Gasteiger partial charge is 0.480 e. The Morgan fingerprint density at radius 3 is 2.59 bits per heavy atom. The van der Waals surface area contributed by atoms with Gasteiger partial charge < -0.3 is 9.47 Å². The van der Waals surface area contributed by atoms with Crippen molar-refractivity contribution >= 4 is 0 Å². The van der Waals surface area contributed by atoms with E-state index < -0.39 is 5.95 Å². The van der Waals surface area contributed by atoms with E-state index in [0.29, 0.717) is 11.3 Å². The topological polar surface area (TPSA) is 57.1 Å². The van der Waals surface area contributed by atoms with E-state index in [1.165, 1.54) is 26.5 Å². The number of hydrogen-bond acceptors (Lipinski definition) is 5. The van der Waals surface area contributed by atoms with Crippen molar-refractivity contribution in [1.29, 1.82) is 0 Å². The van der Waals surface area contributed by atoms with Crippen molar-refractivity contribution in [3.05, 3.63) is 30.3 Å². The second-order valence-electron chi connectivity index (χ2n) is 3.13. The molecule has 0 aromatic carbocycles. The van der Waals surface area contributed by atoms with E-state index in [-0.39, 0.29) is 11.9 Å². The quantitative estimate of drug-likeness (QED) is 0.758. The van der Waals surface area contributed by atoms with Crippen LogP contribution in [-0.4, -0.2) is 29.2 Å². The van der Waals surface area contributed by atoms with Crippen molar-refractivity contribution in [1.82, 2.24) is 15.0 Å². The molecule has 88 valence electrons. The molecule has 0 N–H and O–H groups in total. The first-order valence-corrected chi connectivity index (χ1v) is 4.82. The Kier molecular flexibility index (Phi) is 3.13. The van der Waals surface area contributed by atoms with Crippen LogP contribution >= 0.6 is 0 Å². The Morgan fingerprint density at radius 1 is 1.12 bits per heavy atom. The van der Waals surface area contributed by atoms with E-state index in [4.69, 9.17) is 9.47 Å². The Labute approximate surface area is 97.3 Å². The smallest absolute Gasteiger partial charge is 0.319 e. The van der Waals surface area contributed by atoms with Gasteiger partial charge in [-0.15, -0.1) is 0 Å². The van der Waals surface area contributed by atoms with Gasteiger partial charge in [-0.1, -0.05) is 6.07 Å². The normalized spacial score (nSPS) is 10.1. The monoisotopic (exact) mass is 235 g/mol. The zero-order chi connectivity index (χ0) is 12.3. The minimum atomic E-state index is -0.569. The number of ether oxygens (including phenoxy) is 2. The van der Waals surface area contributed by atoms with Crippen LogP contribution in [0.15, 0.2) is 24.4 Å². The van der Waals surface area contributed by atoms with Crippen LogP contribution in [0.3, 0.4) is 0 Å². The van der Waals surface area contributed by atoms with Crippen LogP contribution < -0.4 is 9.47 Å². The maximum absolute atomic E-state index is 13.0. The SMILES string of the molecule is COc1ncc(-c2cccc(F)n2)c(OC)n1. The molecule has 0 aliphatic rings. The highest BCUT2D eigenvalue weighted by atomic mass is 19.1. The number of nitrogens with zero attached hydrogens (tertiary/aromatic N) is 3. The van der Waals surface area contributed by atoms with Gasteiger partial charge in [0.15, 0.2) is 0 Å². The predicted molar refractivity (Wildman–Crippen MR) is 58.3 cm³/mol. The first-order chi connectivity index (χ1) is 8.24. The van der Waals surface area contributed by atoms with Gasteiger partial charge in [0, 0.05) is 6.20 Å². The molecule has 0 bridgehead atoms. The summed E-state index contributed by atoms with van der Waals surface area (Å²) in [6, 6.07) is 4.65. The first kappa shape index (κ1) is 11.3. The van der Waals surface area contributed by atoms with Crippen molar-refractivity contribution in [2.75, 3.05) is 14.2 Å². The second-order valence-corrected chi connectivity index (χ2v) is 3.13. The molecule has 17 heavy (non-hydrogen) atoms. The highest BCUT2D eigenvalue weighted by molar-refractivity contribution is 5.63. The van der Waals surface area contributed by atoms with Gasteiger partial charge in [-0.2, -0.15) is 9.37 Å². The second kappa shape index (κ2) is 4.73. The van der Waals surface area contributed by atoms with E-state index in [1.807, 2.05) is 0 Å². The van der Waals surface area contributed by atoms with Crippen molar-refractivity contribution in [3.63, 3.8) is 0 Å². The average molecular weight is 235 g/mol. The summed E-state index contributed by atoms with van der Waals surface area (Å²) in [6.07, 6.45) is 1.48. The fraction of sp³-hybridized carbons (Fsp3) is 0.182. The molecule has 0 amide bonds. The van der Waals surface area contributed by atoms with E-state index in [9.17, 15) is 4.39 Å². The van der Waals surface area contributed by atoms with Gasteiger partial charge in [0.05, 0.1) is 25.5 Å². The Morgan fingerprint density at radius 2 is 1.94 bits per heavy atom. The molecule has 2 rings (SSSR count). The summed E-state index contributed by atoms with van der Waals surface area (Å²) < 4.78 is 23.0. The number of halogens is 1. The van der Waals surface area contributed by atoms with Gasteiger partial charge in [0.2, 0.25) is 11.8 Å². The molecule has 2 heterocycles. The summed E-state index contributed by atoms with van der Waals surface area (Å²) in [5, 5.41) is 0. The molecule has 0 aliphatic heterocycles.